The van der Waals surface area contributed by atoms with Crippen LogP contribution in [0.25, 0.3) is 0 Å². The third-order valence-corrected chi connectivity index (χ3v) is 5.50. The Morgan fingerprint density at radius 3 is 2.62 bits per heavy atom. The third-order valence-electron chi connectivity index (χ3n) is 5.50. The molecular weight excluding hydrogens is 310 g/mol. The first-order valence-electron chi connectivity index (χ1n) is 8.32. The van der Waals surface area contributed by atoms with Gasteiger partial charge in [0.25, 0.3) is 11.8 Å². The van der Waals surface area contributed by atoms with Crippen LogP contribution in [0.4, 0.5) is 10.6 Å². The van der Waals surface area contributed by atoms with Gasteiger partial charge in [0.05, 0.1) is 5.69 Å². The van der Waals surface area contributed by atoms with E-state index in [-0.39, 0.29) is 17.8 Å². The highest BCUT2D eigenvalue weighted by atomic mass is 16.2. The van der Waals surface area contributed by atoms with Gasteiger partial charge in [-0.15, -0.1) is 0 Å². The summed E-state index contributed by atoms with van der Waals surface area (Å²) in [4.78, 5) is 42.9. The van der Waals surface area contributed by atoms with E-state index in [1.165, 1.54) is 4.90 Å². The number of carbonyl (C=O) groups is 3. The standard InChI is InChI=1S/C16H21N5O3/c1-10-9-12(18(3)17-10)19-8-5-11(13(19)22)21-14(23)16(2)6-4-7-20(16)15(21)24/h9,11H,4-8H2,1-3H3/t11?,16-/m0/s1. The van der Waals surface area contributed by atoms with E-state index in [1.807, 2.05) is 19.9 Å². The van der Waals surface area contributed by atoms with Crippen LogP contribution in [0.15, 0.2) is 6.07 Å². The number of imide groups is 1. The van der Waals surface area contributed by atoms with Gasteiger partial charge in [-0.25, -0.2) is 9.69 Å². The van der Waals surface area contributed by atoms with Gasteiger partial charge < -0.3 is 4.90 Å². The first kappa shape index (κ1) is 15.2. The second kappa shape index (κ2) is 4.81. The van der Waals surface area contributed by atoms with E-state index in [1.54, 1.807) is 21.5 Å². The molecule has 3 fully saturated rings. The Labute approximate surface area is 140 Å². The number of aromatic nitrogens is 2. The summed E-state index contributed by atoms with van der Waals surface area (Å²) in [5.74, 6) is 0.265. The van der Waals surface area contributed by atoms with Gasteiger partial charge in [-0.1, -0.05) is 0 Å². The normalized spacial score (nSPS) is 30.0. The molecule has 0 radical (unpaired) electrons. The molecule has 4 heterocycles. The lowest BCUT2D eigenvalue weighted by atomic mass is 9.99. The average Bonchev–Trinajstić information content (AvgIpc) is 3.21. The highest BCUT2D eigenvalue weighted by Gasteiger charge is 2.60. The number of nitrogens with zero attached hydrogens (tertiary/aromatic N) is 5. The Morgan fingerprint density at radius 2 is 2.00 bits per heavy atom. The summed E-state index contributed by atoms with van der Waals surface area (Å²) in [5, 5.41) is 4.27. The van der Waals surface area contributed by atoms with Crippen molar-refractivity contribution in [3.63, 3.8) is 0 Å². The van der Waals surface area contributed by atoms with E-state index < -0.39 is 11.6 Å². The fourth-order valence-electron chi connectivity index (χ4n) is 4.22. The van der Waals surface area contributed by atoms with Crippen LogP contribution in [0.5, 0.6) is 0 Å². The lowest BCUT2D eigenvalue weighted by Gasteiger charge is -2.23. The first-order chi connectivity index (χ1) is 11.3. The van der Waals surface area contributed by atoms with Crippen molar-refractivity contribution < 1.29 is 14.4 Å². The maximum absolute atomic E-state index is 12.9. The average molecular weight is 331 g/mol. The van der Waals surface area contributed by atoms with Crippen molar-refractivity contribution in [3.8, 4) is 0 Å². The second-order valence-corrected chi connectivity index (χ2v) is 7.05. The maximum atomic E-state index is 12.9. The van der Waals surface area contributed by atoms with Crippen molar-refractivity contribution in [2.45, 2.75) is 44.7 Å². The summed E-state index contributed by atoms with van der Waals surface area (Å²) in [7, 11) is 1.78. The molecule has 0 bridgehead atoms. The molecule has 4 rings (SSSR count). The number of rotatable bonds is 2. The van der Waals surface area contributed by atoms with E-state index in [0.717, 1.165) is 12.1 Å². The largest absolute Gasteiger partial charge is 0.328 e. The molecule has 1 aromatic rings. The predicted octanol–water partition coefficient (Wildman–Crippen LogP) is 0.651. The van der Waals surface area contributed by atoms with Crippen LogP contribution >= 0.6 is 0 Å². The zero-order valence-corrected chi connectivity index (χ0v) is 14.2. The number of carbonyl (C=O) groups excluding carboxylic acids is 3. The van der Waals surface area contributed by atoms with Crippen LogP contribution in [0.3, 0.4) is 0 Å². The van der Waals surface area contributed by atoms with E-state index in [4.69, 9.17) is 0 Å². The van der Waals surface area contributed by atoms with E-state index in [9.17, 15) is 14.4 Å². The lowest BCUT2D eigenvalue weighted by Crippen LogP contribution is -2.47. The lowest BCUT2D eigenvalue weighted by molar-refractivity contribution is -0.136. The minimum atomic E-state index is -0.770. The van der Waals surface area contributed by atoms with Crippen molar-refractivity contribution in [3.05, 3.63) is 11.8 Å². The zero-order valence-electron chi connectivity index (χ0n) is 14.2. The molecule has 8 heteroatoms. The predicted molar refractivity (Wildman–Crippen MR) is 85.3 cm³/mol. The summed E-state index contributed by atoms with van der Waals surface area (Å²) in [6, 6.07) is 0.817. The Bertz CT molecular complexity index is 757. The molecule has 0 aliphatic carbocycles. The number of fused-ring (bicyclic) bond motifs is 1. The topological polar surface area (TPSA) is 78.8 Å². The molecule has 2 atom stereocenters. The molecular formula is C16H21N5O3. The number of hydrogen-bond acceptors (Lipinski definition) is 4. The maximum Gasteiger partial charge on any atom is 0.328 e. The number of urea groups is 1. The van der Waals surface area contributed by atoms with Crippen LogP contribution in [0.1, 0.15) is 31.9 Å². The van der Waals surface area contributed by atoms with Crippen molar-refractivity contribution in [1.82, 2.24) is 19.6 Å². The Hall–Kier alpha value is -2.38. The highest BCUT2D eigenvalue weighted by molar-refractivity contribution is 6.12. The first-order valence-corrected chi connectivity index (χ1v) is 8.32. The number of amides is 4. The summed E-state index contributed by atoms with van der Waals surface area (Å²) in [6.07, 6.45) is 1.96. The minimum absolute atomic E-state index is 0.204. The van der Waals surface area contributed by atoms with Crippen LogP contribution in [-0.4, -0.2) is 62.1 Å². The molecule has 1 aromatic heterocycles. The Morgan fingerprint density at radius 1 is 1.25 bits per heavy atom. The van der Waals surface area contributed by atoms with Crippen molar-refractivity contribution in [2.75, 3.05) is 18.0 Å². The van der Waals surface area contributed by atoms with Crippen LogP contribution in [0, 0.1) is 6.92 Å². The molecule has 8 nitrogen and oxygen atoms in total. The third kappa shape index (κ3) is 1.79. The molecule has 3 aliphatic heterocycles. The Kier molecular flexibility index (Phi) is 3.04. The van der Waals surface area contributed by atoms with Gasteiger partial charge in [-0.2, -0.15) is 5.10 Å². The molecule has 0 saturated carbocycles. The second-order valence-electron chi connectivity index (χ2n) is 7.05. The summed E-state index contributed by atoms with van der Waals surface area (Å²) >= 11 is 0. The zero-order chi connectivity index (χ0) is 17.2. The fraction of sp³-hybridized carbons (Fsp3) is 0.625. The van der Waals surface area contributed by atoms with E-state index in [2.05, 4.69) is 5.10 Å². The molecule has 128 valence electrons. The van der Waals surface area contributed by atoms with E-state index in [0.29, 0.717) is 31.7 Å². The number of aryl methyl sites for hydroxylation is 2. The summed E-state index contributed by atoms with van der Waals surface area (Å²) in [6.45, 7) is 4.74. The van der Waals surface area contributed by atoms with Gasteiger partial charge in [0.15, 0.2) is 0 Å². The van der Waals surface area contributed by atoms with Gasteiger partial charge in [-0.05, 0) is 33.1 Å². The van der Waals surface area contributed by atoms with E-state index >= 15 is 0 Å². The quantitative estimate of drug-likeness (QED) is 0.746. The van der Waals surface area contributed by atoms with Gasteiger partial charge in [-0.3, -0.25) is 19.2 Å². The summed E-state index contributed by atoms with van der Waals surface area (Å²) in [5.41, 5.74) is 0.0543. The fourth-order valence-corrected chi connectivity index (χ4v) is 4.22. The van der Waals surface area contributed by atoms with Crippen LogP contribution in [-0.2, 0) is 16.6 Å². The SMILES string of the molecule is Cc1cc(N2CCC(N3C(=O)N4CCC[C@@]4(C)C3=O)C2=O)n(C)n1. The molecule has 4 amide bonds. The Balaban J connectivity index is 1.63. The van der Waals surface area contributed by atoms with Crippen molar-refractivity contribution >= 4 is 23.7 Å². The highest BCUT2D eigenvalue weighted by Crippen LogP contribution is 2.39. The smallest absolute Gasteiger partial charge is 0.310 e. The van der Waals surface area contributed by atoms with Crippen LogP contribution in [0.2, 0.25) is 0 Å². The summed E-state index contributed by atoms with van der Waals surface area (Å²) < 4.78 is 1.66. The molecule has 24 heavy (non-hydrogen) atoms. The monoisotopic (exact) mass is 331 g/mol. The number of hydrogen-bond donors (Lipinski definition) is 0. The van der Waals surface area contributed by atoms with Gasteiger partial charge in [0.2, 0.25) is 0 Å². The van der Waals surface area contributed by atoms with Crippen LogP contribution < -0.4 is 4.90 Å². The molecule has 3 saturated heterocycles. The van der Waals surface area contributed by atoms with Gasteiger partial charge in [0.1, 0.15) is 17.4 Å². The molecule has 1 unspecified atom stereocenters. The molecule has 0 spiro atoms. The molecule has 3 aliphatic rings. The van der Waals surface area contributed by atoms with Gasteiger partial charge in [0, 0.05) is 26.2 Å². The molecule has 0 N–H and O–H groups in total. The minimum Gasteiger partial charge on any atom is -0.310 e. The van der Waals surface area contributed by atoms with Crippen molar-refractivity contribution in [1.29, 1.82) is 0 Å². The van der Waals surface area contributed by atoms with Gasteiger partial charge >= 0.3 is 6.03 Å². The van der Waals surface area contributed by atoms with Crippen molar-refractivity contribution in [2.24, 2.45) is 7.05 Å². The molecule has 0 aromatic carbocycles. The number of anilines is 1.